The Labute approximate surface area is 213 Å². The number of pyridine rings is 1. The lowest BCUT2D eigenvalue weighted by Gasteiger charge is -2.32. The molecule has 200 valence electrons. The van der Waals surface area contributed by atoms with Crippen molar-refractivity contribution in [1.29, 1.82) is 0 Å². The Morgan fingerprint density at radius 2 is 1.95 bits per heavy atom. The van der Waals surface area contributed by atoms with Crippen LogP contribution in [0.1, 0.15) is 17.0 Å². The minimum absolute atomic E-state index is 0.0198. The van der Waals surface area contributed by atoms with E-state index in [4.69, 9.17) is 9.47 Å². The van der Waals surface area contributed by atoms with E-state index in [9.17, 15) is 18.0 Å². The average molecular weight is 535 g/mol. The molecule has 0 saturated carbocycles. The molecule has 1 amide bonds. The highest BCUT2D eigenvalue weighted by atomic mass is 19.4. The number of amides is 1. The summed E-state index contributed by atoms with van der Waals surface area (Å²) in [6.07, 6.45) is -3.20. The maximum absolute atomic E-state index is 15.4. The summed E-state index contributed by atoms with van der Waals surface area (Å²) in [4.78, 5) is 23.7. The fourth-order valence-corrected chi connectivity index (χ4v) is 4.50. The molecule has 1 aliphatic heterocycles. The van der Waals surface area contributed by atoms with E-state index in [-0.39, 0.29) is 36.7 Å². The first-order valence-corrected chi connectivity index (χ1v) is 11.6. The van der Waals surface area contributed by atoms with E-state index in [0.717, 1.165) is 17.7 Å². The van der Waals surface area contributed by atoms with Crippen molar-refractivity contribution in [2.45, 2.75) is 25.6 Å². The van der Waals surface area contributed by atoms with Gasteiger partial charge >= 0.3 is 12.3 Å². The third kappa shape index (κ3) is 4.80. The number of nitrogens with one attached hydrogen (secondary N) is 1. The molecule has 3 aromatic heterocycles. The lowest BCUT2D eigenvalue weighted by Crippen LogP contribution is -2.46. The van der Waals surface area contributed by atoms with Crippen molar-refractivity contribution < 1.29 is 36.2 Å². The lowest BCUT2D eigenvalue weighted by molar-refractivity contribution is -0.140. The number of carbonyl (C=O) groups excluding carboxylic acids is 1. The third-order valence-corrected chi connectivity index (χ3v) is 6.29. The number of H-pyrrole nitrogens is 1. The van der Waals surface area contributed by atoms with Crippen LogP contribution in [0.25, 0.3) is 28.3 Å². The first-order valence-electron chi connectivity index (χ1n) is 11.6. The quantitative estimate of drug-likeness (QED) is 0.372. The molecule has 4 aromatic rings. The Balaban J connectivity index is 1.56. The monoisotopic (exact) mass is 535 g/mol. The van der Waals surface area contributed by atoms with Crippen molar-refractivity contribution in [2.24, 2.45) is 0 Å². The Morgan fingerprint density at radius 3 is 2.61 bits per heavy atom. The second kappa shape index (κ2) is 9.71. The number of methoxy groups -OCH3 is 1. The summed E-state index contributed by atoms with van der Waals surface area (Å²) in [7, 11) is 1.28. The van der Waals surface area contributed by atoms with Crippen LogP contribution in [-0.2, 0) is 22.1 Å². The van der Waals surface area contributed by atoms with Gasteiger partial charge in [0.1, 0.15) is 23.1 Å². The van der Waals surface area contributed by atoms with Gasteiger partial charge in [0.15, 0.2) is 5.69 Å². The van der Waals surface area contributed by atoms with Crippen LogP contribution in [0.2, 0.25) is 0 Å². The Morgan fingerprint density at radius 1 is 1.21 bits per heavy atom. The molecule has 0 spiro atoms. The number of alkyl halides is 3. The minimum Gasteiger partial charge on any atom is -0.453 e. The zero-order valence-electron chi connectivity index (χ0n) is 20.3. The summed E-state index contributed by atoms with van der Waals surface area (Å²) < 4.78 is 82.0. The van der Waals surface area contributed by atoms with E-state index < -0.39 is 41.3 Å². The maximum atomic E-state index is 15.4. The number of benzene rings is 1. The number of rotatable bonds is 4. The van der Waals surface area contributed by atoms with Gasteiger partial charge < -0.3 is 23.8 Å². The predicted molar refractivity (Wildman–Crippen MR) is 125 cm³/mol. The number of aryl methyl sites for hydroxylation is 1. The summed E-state index contributed by atoms with van der Waals surface area (Å²) in [5.41, 5.74) is -0.0479. The Kier molecular flexibility index (Phi) is 6.55. The van der Waals surface area contributed by atoms with Crippen molar-refractivity contribution in [2.75, 3.05) is 26.8 Å². The van der Waals surface area contributed by atoms with Gasteiger partial charge in [-0.1, -0.05) is 0 Å². The van der Waals surface area contributed by atoms with Gasteiger partial charge in [-0.05, 0) is 36.8 Å². The molecule has 0 aliphatic carbocycles. The van der Waals surface area contributed by atoms with Gasteiger partial charge in [-0.15, -0.1) is 0 Å². The summed E-state index contributed by atoms with van der Waals surface area (Å²) >= 11 is 0. The standard InChI is InChI=1S/C25H22F5N5O3/c1-13-3-4-35-18(10-15-12-34(5-6-38-15)24(36)37-2)22(33-20(35)7-13)21-16(26)8-14(9-17(21)27)23-31-11-19(32-23)25(28,29)30/h3-4,7-9,11,15H,5-6,10,12H2,1-2H3,(H,31,32). The number of nitrogens with zero attached hydrogens (tertiary/aromatic N) is 4. The van der Waals surface area contributed by atoms with E-state index in [1.807, 2.05) is 13.0 Å². The first-order chi connectivity index (χ1) is 18.0. The van der Waals surface area contributed by atoms with Crippen LogP contribution in [-0.4, -0.2) is 63.3 Å². The fourth-order valence-electron chi connectivity index (χ4n) is 4.50. The van der Waals surface area contributed by atoms with Crippen LogP contribution in [0.15, 0.2) is 36.7 Å². The molecule has 1 unspecified atom stereocenters. The molecule has 1 aromatic carbocycles. The van der Waals surface area contributed by atoms with Crippen LogP contribution in [0, 0.1) is 18.6 Å². The lowest BCUT2D eigenvalue weighted by atomic mass is 10.0. The predicted octanol–water partition coefficient (Wildman–Crippen LogP) is 5.01. The van der Waals surface area contributed by atoms with Crippen molar-refractivity contribution >= 4 is 11.7 Å². The Bertz CT molecular complexity index is 1490. The van der Waals surface area contributed by atoms with Gasteiger partial charge in [0, 0.05) is 30.9 Å². The first kappa shape index (κ1) is 25.6. The zero-order valence-corrected chi connectivity index (χ0v) is 20.3. The van der Waals surface area contributed by atoms with Crippen molar-refractivity contribution in [3.63, 3.8) is 0 Å². The van der Waals surface area contributed by atoms with Gasteiger partial charge in [0.25, 0.3) is 0 Å². The Hall–Kier alpha value is -4.00. The highest BCUT2D eigenvalue weighted by molar-refractivity contribution is 5.72. The molecule has 8 nitrogen and oxygen atoms in total. The smallest absolute Gasteiger partial charge is 0.434 e. The molecule has 38 heavy (non-hydrogen) atoms. The summed E-state index contributed by atoms with van der Waals surface area (Å²) in [5.74, 6) is -2.37. The topological polar surface area (TPSA) is 84.7 Å². The van der Waals surface area contributed by atoms with Gasteiger partial charge in [-0.3, -0.25) is 0 Å². The van der Waals surface area contributed by atoms with Crippen molar-refractivity contribution in [3.05, 3.63) is 65.2 Å². The summed E-state index contributed by atoms with van der Waals surface area (Å²) in [5, 5.41) is 0. The molecule has 5 rings (SSSR count). The average Bonchev–Trinajstić information content (AvgIpc) is 3.49. The van der Waals surface area contributed by atoms with Crippen LogP contribution in [0.4, 0.5) is 26.7 Å². The molecule has 1 fully saturated rings. The second-order valence-corrected chi connectivity index (χ2v) is 8.90. The summed E-state index contributed by atoms with van der Waals surface area (Å²) in [6, 6.07) is 5.38. The van der Waals surface area contributed by atoms with Crippen LogP contribution < -0.4 is 0 Å². The van der Waals surface area contributed by atoms with Crippen molar-refractivity contribution in [3.8, 4) is 22.6 Å². The van der Waals surface area contributed by atoms with E-state index in [1.165, 1.54) is 12.0 Å². The number of imidazole rings is 2. The van der Waals surface area contributed by atoms with Gasteiger partial charge in [-0.2, -0.15) is 13.2 Å². The molecule has 1 atom stereocenters. The number of aromatic amines is 1. The van der Waals surface area contributed by atoms with Crippen LogP contribution >= 0.6 is 0 Å². The number of hydrogen-bond acceptors (Lipinski definition) is 5. The molecule has 0 radical (unpaired) electrons. The van der Waals surface area contributed by atoms with E-state index in [0.29, 0.717) is 24.1 Å². The van der Waals surface area contributed by atoms with E-state index in [2.05, 4.69) is 15.0 Å². The van der Waals surface area contributed by atoms with E-state index in [1.54, 1.807) is 16.7 Å². The van der Waals surface area contributed by atoms with Crippen LogP contribution in [0.3, 0.4) is 0 Å². The second-order valence-electron chi connectivity index (χ2n) is 8.90. The number of hydrogen-bond donors (Lipinski definition) is 1. The molecular formula is C25H22F5N5O3. The number of morpholine rings is 1. The maximum Gasteiger partial charge on any atom is 0.434 e. The van der Waals surface area contributed by atoms with Gasteiger partial charge in [-0.25, -0.2) is 23.5 Å². The number of halogens is 5. The molecule has 1 saturated heterocycles. The van der Waals surface area contributed by atoms with E-state index >= 15 is 8.78 Å². The number of fused-ring (bicyclic) bond motifs is 1. The minimum atomic E-state index is -4.71. The van der Waals surface area contributed by atoms with Gasteiger partial charge in [0.2, 0.25) is 0 Å². The number of aromatic nitrogens is 4. The third-order valence-electron chi connectivity index (χ3n) is 6.29. The molecule has 4 heterocycles. The normalized spacial score (nSPS) is 16.3. The molecule has 0 bridgehead atoms. The highest BCUT2D eigenvalue weighted by Crippen LogP contribution is 2.35. The number of ether oxygens (including phenoxy) is 2. The number of carbonyl (C=O) groups is 1. The summed E-state index contributed by atoms with van der Waals surface area (Å²) in [6.45, 7) is 2.65. The van der Waals surface area contributed by atoms with Gasteiger partial charge in [0.05, 0.1) is 43.3 Å². The van der Waals surface area contributed by atoms with Crippen LogP contribution in [0.5, 0.6) is 0 Å². The molecular weight excluding hydrogens is 513 g/mol. The molecule has 13 heteroatoms. The molecule has 1 aliphatic rings. The fraction of sp³-hybridized carbons (Fsp3) is 0.320. The SMILES string of the molecule is COC(=O)N1CCOC(Cc2c(-c3c(F)cc(-c4nc(C(F)(F)F)c[nH]4)cc3F)nc3cc(C)ccn23)C1. The molecule has 1 N–H and O–H groups in total. The highest BCUT2D eigenvalue weighted by Gasteiger charge is 2.34. The zero-order chi connectivity index (χ0) is 27.2. The largest absolute Gasteiger partial charge is 0.453 e. The van der Waals surface area contributed by atoms with Crippen molar-refractivity contribution in [1.82, 2.24) is 24.3 Å².